The van der Waals surface area contributed by atoms with Crippen molar-refractivity contribution >= 4 is 21.4 Å². The molecule has 5 nitrogen and oxygen atoms in total. The van der Waals surface area contributed by atoms with Crippen LogP contribution in [0.4, 0.5) is 0 Å². The van der Waals surface area contributed by atoms with Crippen LogP contribution in [0.2, 0.25) is 5.02 Å². The lowest BCUT2D eigenvalue weighted by molar-refractivity contribution is 0.414. The van der Waals surface area contributed by atoms with Crippen LogP contribution in [0.3, 0.4) is 0 Å². The molecule has 3 aromatic rings. The van der Waals surface area contributed by atoms with Crippen LogP contribution in [0.1, 0.15) is 0 Å². The van der Waals surface area contributed by atoms with E-state index in [2.05, 4.69) is 4.98 Å². The van der Waals surface area contributed by atoms with Crippen molar-refractivity contribution in [3.05, 3.63) is 71.9 Å². The fourth-order valence-corrected chi connectivity index (χ4v) is 3.57. The van der Waals surface area contributed by atoms with Crippen molar-refractivity contribution in [2.75, 3.05) is 7.11 Å². The number of sulfone groups is 1. The maximum Gasteiger partial charge on any atom is 0.219 e. The average Bonchev–Trinajstić information content (AvgIpc) is 2.64. The molecule has 0 spiro atoms. The number of aromatic nitrogens is 1. The van der Waals surface area contributed by atoms with Gasteiger partial charge >= 0.3 is 0 Å². The predicted octanol–water partition coefficient (Wildman–Crippen LogP) is 4.37. The van der Waals surface area contributed by atoms with E-state index in [0.717, 1.165) is 0 Å². The lowest BCUT2D eigenvalue weighted by Gasteiger charge is -2.10. The highest BCUT2D eigenvalue weighted by molar-refractivity contribution is 7.91. The number of ether oxygens (including phenoxy) is 2. The molecule has 128 valence electrons. The minimum absolute atomic E-state index is 0.0768. The topological polar surface area (TPSA) is 65.5 Å². The van der Waals surface area contributed by atoms with Gasteiger partial charge < -0.3 is 9.47 Å². The number of hydrogen-bond acceptors (Lipinski definition) is 5. The monoisotopic (exact) mass is 375 g/mol. The summed E-state index contributed by atoms with van der Waals surface area (Å²) in [5.41, 5.74) is 0. The molecule has 0 bridgehead atoms. The standard InChI is InChI=1S/C18H14ClNO4S/c1-23-13-5-7-14(8-6-13)25(21,22)15-9-10-16(19)17(12-15)24-18-4-2-3-11-20-18/h2-12H,1H3. The number of pyridine rings is 1. The summed E-state index contributed by atoms with van der Waals surface area (Å²) in [6.45, 7) is 0. The molecule has 1 aromatic heterocycles. The van der Waals surface area contributed by atoms with Crippen LogP contribution in [-0.4, -0.2) is 20.5 Å². The summed E-state index contributed by atoms with van der Waals surface area (Å²) < 4.78 is 36.2. The predicted molar refractivity (Wildman–Crippen MR) is 94.2 cm³/mol. The molecule has 7 heteroatoms. The first-order chi connectivity index (χ1) is 12.0. The fourth-order valence-electron chi connectivity index (χ4n) is 2.14. The Bertz CT molecular complexity index is 974. The lowest BCUT2D eigenvalue weighted by atomic mass is 10.3. The number of nitrogens with zero attached hydrogens (tertiary/aromatic N) is 1. The quantitative estimate of drug-likeness (QED) is 0.662. The van der Waals surface area contributed by atoms with Crippen LogP contribution in [0.15, 0.2) is 76.7 Å². The number of halogens is 1. The van der Waals surface area contributed by atoms with Gasteiger partial charge in [-0.05, 0) is 42.5 Å². The zero-order valence-corrected chi connectivity index (χ0v) is 14.8. The van der Waals surface area contributed by atoms with Gasteiger partial charge in [0.15, 0.2) is 0 Å². The minimum atomic E-state index is -3.71. The van der Waals surface area contributed by atoms with E-state index < -0.39 is 9.84 Å². The van der Waals surface area contributed by atoms with E-state index in [1.807, 2.05) is 0 Å². The van der Waals surface area contributed by atoms with Crippen molar-refractivity contribution in [3.63, 3.8) is 0 Å². The second-order valence-corrected chi connectivity index (χ2v) is 7.40. The fraction of sp³-hybridized carbons (Fsp3) is 0.0556. The smallest absolute Gasteiger partial charge is 0.219 e. The van der Waals surface area contributed by atoms with E-state index in [4.69, 9.17) is 21.1 Å². The lowest BCUT2D eigenvalue weighted by Crippen LogP contribution is -2.02. The Morgan fingerprint density at radius 3 is 2.32 bits per heavy atom. The molecule has 2 aromatic carbocycles. The second-order valence-electron chi connectivity index (χ2n) is 5.04. The molecule has 0 saturated heterocycles. The normalized spacial score (nSPS) is 11.1. The summed E-state index contributed by atoms with van der Waals surface area (Å²) in [5.74, 6) is 1.12. The van der Waals surface area contributed by atoms with Crippen molar-refractivity contribution in [2.45, 2.75) is 9.79 Å². The Kier molecular flexibility index (Phi) is 4.92. The summed E-state index contributed by atoms with van der Waals surface area (Å²) in [5, 5.41) is 0.291. The van der Waals surface area contributed by atoms with Crippen molar-refractivity contribution in [1.82, 2.24) is 4.98 Å². The molecule has 0 unspecified atom stereocenters. The molecule has 0 aliphatic carbocycles. The molecule has 0 fully saturated rings. The second kappa shape index (κ2) is 7.13. The Balaban J connectivity index is 1.97. The summed E-state index contributed by atoms with van der Waals surface area (Å²) >= 11 is 6.12. The Labute approximate surface area is 150 Å². The average molecular weight is 376 g/mol. The van der Waals surface area contributed by atoms with Gasteiger partial charge in [0, 0.05) is 18.3 Å². The molecule has 0 aliphatic rings. The Morgan fingerprint density at radius 2 is 1.68 bits per heavy atom. The van der Waals surface area contributed by atoms with E-state index in [1.54, 1.807) is 36.5 Å². The van der Waals surface area contributed by atoms with Crippen LogP contribution in [0.5, 0.6) is 17.4 Å². The van der Waals surface area contributed by atoms with E-state index >= 15 is 0 Å². The summed E-state index contributed by atoms with van der Waals surface area (Å²) in [6.07, 6.45) is 1.57. The minimum Gasteiger partial charge on any atom is -0.497 e. The van der Waals surface area contributed by atoms with Gasteiger partial charge in [-0.3, -0.25) is 0 Å². The van der Waals surface area contributed by atoms with E-state index in [-0.39, 0.29) is 15.5 Å². The molecule has 0 atom stereocenters. The first-order valence-corrected chi connectivity index (χ1v) is 9.14. The number of hydrogen-bond donors (Lipinski definition) is 0. The van der Waals surface area contributed by atoms with Gasteiger partial charge in [0.05, 0.1) is 21.9 Å². The van der Waals surface area contributed by atoms with E-state index in [0.29, 0.717) is 16.7 Å². The third-order valence-corrected chi connectivity index (χ3v) is 5.51. The zero-order valence-electron chi connectivity index (χ0n) is 13.2. The SMILES string of the molecule is COc1ccc(S(=O)(=O)c2ccc(Cl)c(Oc3ccccn3)c2)cc1. The molecule has 1 heterocycles. The van der Waals surface area contributed by atoms with Gasteiger partial charge in [0.2, 0.25) is 15.7 Å². The molecule has 3 rings (SSSR count). The Morgan fingerprint density at radius 1 is 0.960 bits per heavy atom. The van der Waals surface area contributed by atoms with Crippen molar-refractivity contribution in [2.24, 2.45) is 0 Å². The highest BCUT2D eigenvalue weighted by atomic mass is 35.5. The number of rotatable bonds is 5. The Hall–Kier alpha value is -2.57. The summed E-state index contributed by atoms with van der Waals surface area (Å²) in [7, 11) is -2.19. The van der Waals surface area contributed by atoms with Gasteiger partial charge in [0.1, 0.15) is 11.5 Å². The van der Waals surface area contributed by atoms with Gasteiger partial charge in [-0.15, -0.1) is 0 Å². The van der Waals surface area contributed by atoms with Crippen molar-refractivity contribution in [1.29, 1.82) is 0 Å². The maximum atomic E-state index is 12.8. The van der Waals surface area contributed by atoms with E-state index in [1.165, 1.54) is 37.4 Å². The first kappa shape index (κ1) is 17.3. The molecular formula is C18H14ClNO4S. The summed E-state index contributed by atoms with van der Waals surface area (Å²) in [6, 6.07) is 15.6. The van der Waals surface area contributed by atoms with Crippen LogP contribution < -0.4 is 9.47 Å². The van der Waals surface area contributed by atoms with Crippen molar-refractivity contribution < 1.29 is 17.9 Å². The highest BCUT2D eigenvalue weighted by Crippen LogP contribution is 2.33. The maximum absolute atomic E-state index is 12.8. The van der Waals surface area contributed by atoms with Crippen molar-refractivity contribution in [3.8, 4) is 17.4 Å². The van der Waals surface area contributed by atoms with Crippen LogP contribution >= 0.6 is 11.6 Å². The third kappa shape index (κ3) is 3.75. The van der Waals surface area contributed by atoms with Crippen LogP contribution in [0, 0.1) is 0 Å². The van der Waals surface area contributed by atoms with E-state index in [9.17, 15) is 8.42 Å². The molecular weight excluding hydrogens is 362 g/mol. The molecule has 25 heavy (non-hydrogen) atoms. The molecule has 0 saturated carbocycles. The van der Waals surface area contributed by atoms with Gasteiger partial charge in [-0.2, -0.15) is 0 Å². The number of benzene rings is 2. The molecule has 0 aliphatic heterocycles. The molecule has 0 radical (unpaired) electrons. The van der Waals surface area contributed by atoms with Gasteiger partial charge in [-0.1, -0.05) is 17.7 Å². The summed E-state index contributed by atoms with van der Waals surface area (Å²) in [4.78, 5) is 4.27. The largest absolute Gasteiger partial charge is 0.497 e. The first-order valence-electron chi connectivity index (χ1n) is 7.28. The zero-order chi connectivity index (χ0) is 17.9. The van der Waals surface area contributed by atoms with Gasteiger partial charge in [-0.25, -0.2) is 13.4 Å². The van der Waals surface area contributed by atoms with Crippen LogP contribution in [-0.2, 0) is 9.84 Å². The van der Waals surface area contributed by atoms with Gasteiger partial charge in [0.25, 0.3) is 0 Å². The van der Waals surface area contributed by atoms with Crippen LogP contribution in [0.25, 0.3) is 0 Å². The number of methoxy groups -OCH3 is 1. The molecule has 0 N–H and O–H groups in total. The molecule has 0 amide bonds. The highest BCUT2D eigenvalue weighted by Gasteiger charge is 2.20. The third-order valence-electron chi connectivity index (χ3n) is 3.43.